The molecular weight excluding hydrogens is 322 g/mol. The van der Waals surface area contributed by atoms with Crippen LogP contribution in [0.15, 0.2) is 41.4 Å². The molecule has 1 atom stereocenters. The van der Waals surface area contributed by atoms with Gasteiger partial charge in [0.15, 0.2) is 0 Å². The fourth-order valence-electron chi connectivity index (χ4n) is 1.58. The molecule has 1 unspecified atom stereocenters. The number of carbonyl (C=O) groups excluding carboxylic acids is 1. The van der Waals surface area contributed by atoms with Crippen LogP contribution in [0, 0.1) is 5.41 Å². The van der Waals surface area contributed by atoms with Crippen molar-refractivity contribution in [2.24, 2.45) is 5.41 Å². The number of ketones is 1. The minimum absolute atomic E-state index is 0.0640. The van der Waals surface area contributed by atoms with Crippen LogP contribution in [0.3, 0.4) is 0 Å². The van der Waals surface area contributed by atoms with Crippen LogP contribution < -0.4 is 4.74 Å². The molecule has 106 valence electrons. The lowest BCUT2D eigenvalue weighted by atomic mass is 9.90. The molecule has 0 aliphatic heterocycles. The Morgan fingerprint density at radius 2 is 1.95 bits per heavy atom. The molecule has 0 amide bonds. The predicted octanol–water partition coefficient (Wildman–Crippen LogP) is 3.23. The molecule has 2 rings (SSSR count). The molecule has 0 bridgehead atoms. The van der Waals surface area contributed by atoms with E-state index in [-0.39, 0.29) is 5.78 Å². The number of halogens is 1. The van der Waals surface area contributed by atoms with Gasteiger partial charge in [0, 0.05) is 9.89 Å². The fourth-order valence-corrected chi connectivity index (χ4v) is 1.84. The van der Waals surface area contributed by atoms with E-state index in [4.69, 9.17) is 4.74 Å². The first-order chi connectivity index (χ1) is 9.38. The number of nitrogens with zero attached hydrogens (tertiary/aromatic N) is 3. The largest absolute Gasteiger partial charge is 0.461 e. The summed E-state index contributed by atoms with van der Waals surface area (Å²) in [5, 5.41) is 4.02. The van der Waals surface area contributed by atoms with Crippen molar-refractivity contribution in [1.82, 2.24) is 14.8 Å². The molecular formula is C14H16BrN3O2. The normalized spacial score (nSPS) is 13.0. The van der Waals surface area contributed by atoms with Crippen molar-refractivity contribution in [1.29, 1.82) is 0 Å². The van der Waals surface area contributed by atoms with Crippen molar-refractivity contribution in [3.63, 3.8) is 0 Å². The number of carbonyl (C=O) groups is 1. The lowest BCUT2D eigenvalue weighted by Gasteiger charge is -2.25. The van der Waals surface area contributed by atoms with Crippen molar-refractivity contribution in [2.45, 2.75) is 27.0 Å². The van der Waals surface area contributed by atoms with Gasteiger partial charge in [-0.1, -0.05) is 36.7 Å². The summed E-state index contributed by atoms with van der Waals surface area (Å²) in [6, 6.07) is 7.30. The highest BCUT2D eigenvalue weighted by molar-refractivity contribution is 9.10. The molecule has 0 spiro atoms. The fraction of sp³-hybridized carbons (Fsp3) is 0.357. The monoisotopic (exact) mass is 337 g/mol. The number of Topliss-reactive ketones (excluding diaryl/α,β-unsaturated/α-hetero) is 1. The predicted molar refractivity (Wildman–Crippen MR) is 78.3 cm³/mol. The second kappa shape index (κ2) is 5.75. The molecule has 2 aromatic rings. The van der Waals surface area contributed by atoms with Gasteiger partial charge in [-0.15, -0.1) is 0 Å². The third-order valence-electron chi connectivity index (χ3n) is 2.70. The molecule has 0 aliphatic rings. The minimum Gasteiger partial charge on any atom is -0.461 e. The molecule has 1 aromatic heterocycles. The van der Waals surface area contributed by atoms with Crippen molar-refractivity contribution in [2.75, 3.05) is 0 Å². The Morgan fingerprint density at radius 3 is 2.45 bits per heavy atom. The summed E-state index contributed by atoms with van der Waals surface area (Å²) in [6.07, 6.45) is 2.04. The lowest BCUT2D eigenvalue weighted by Crippen LogP contribution is -2.34. The zero-order valence-electron chi connectivity index (χ0n) is 11.6. The summed E-state index contributed by atoms with van der Waals surface area (Å²) in [5.41, 5.74) is -0.536. The van der Waals surface area contributed by atoms with Gasteiger partial charge in [0.1, 0.15) is 18.4 Å². The first-order valence-corrected chi connectivity index (χ1v) is 6.98. The highest BCUT2D eigenvalue weighted by Crippen LogP contribution is 2.26. The van der Waals surface area contributed by atoms with Crippen LogP contribution in [-0.2, 0) is 4.79 Å². The number of rotatable bonds is 4. The summed E-state index contributed by atoms with van der Waals surface area (Å²) in [6.45, 7) is 5.55. The Morgan fingerprint density at radius 1 is 1.30 bits per heavy atom. The molecule has 20 heavy (non-hydrogen) atoms. The van der Waals surface area contributed by atoms with Crippen LogP contribution in [-0.4, -0.2) is 20.5 Å². The number of aromatic nitrogens is 3. The van der Waals surface area contributed by atoms with Crippen LogP contribution >= 0.6 is 15.9 Å². The second-order valence-electron chi connectivity index (χ2n) is 5.41. The van der Waals surface area contributed by atoms with Gasteiger partial charge in [-0.25, -0.2) is 9.67 Å². The summed E-state index contributed by atoms with van der Waals surface area (Å²) in [4.78, 5) is 16.4. The van der Waals surface area contributed by atoms with Gasteiger partial charge in [-0.2, -0.15) is 5.10 Å². The summed E-state index contributed by atoms with van der Waals surface area (Å²) in [7, 11) is 0. The Kier molecular flexibility index (Phi) is 4.23. The van der Waals surface area contributed by atoms with E-state index < -0.39 is 11.6 Å². The molecule has 0 fully saturated rings. The van der Waals surface area contributed by atoms with Gasteiger partial charge in [-0.05, 0) is 24.3 Å². The van der Waals surface area contributed by atoms with Gasteiger partial charge in [0.2, 0.25) is 5.78 Å². The molecule has 6 heteroatoms. The summed E-state index contributed by atoms with van der Waals surface area (Å²) in [5.74, 6) is 0.539. The van der Waals surface area contributed by atoms with Crippen molar-refractivity contribution in [3.8, 4) is 5.75 Å². The van der Waals surface area contributed by atoms with Gasteiger partial charge in [0.25, 0.3) is 6.23 Å². The first-order valence-electron chi connectivity index (χ1n) is 6.18. The number of hydrogen-bond acceptors (Lipinski definition) is 4. The Balaban J connectivity index is 2.28. The maximum atomic E-state index is 12.5. The van der Waals surface area contributed by atoms with Gasteiger partial charge in [-0.3, -0.25) is 4.79 Å². The molecule has 5 nitrogen and oxygen atoms in total. The van der Waals surface area contributed by atoms with Gasteiger partial charge in [0.05, 0.1) is 0 Å². The SMILES string of the molecule is CC(C)(C)C(=O)C(Oc1ccc(Br)cc1)n1cncn1. The standard InChI is InChI=1S/C14H16BrN3O2/c1-14(2,3)12(19)13(18-9-16-8-17-18)20-11-6-4-10(15)5-7-11/h4-9,13H,1-3H3. The van der Waals surface area contributed by atoms with Gasteiger partial charge >= 0.3 is 0 Å². The zero-order chi connectivity index (χ0) is 14.8. The Labute approximate surface area is 126 Å². The van der Waals surface area contributed by atoms with E-state index in [9.17, 15) is 4.79 Å². The molecule has 0 saturated carbocycles. The maximum absolute atomic E-state index is 12.5. The van der Waals surface area contributed by atoms with E-state index in [2.05, 4.69) is 26.0 Å². The summed E-state index contributed by atoms with van der Waals surface area (Å²) < 4.78 is 8.17. The smallest absolute Gasteiger partial charge is 0.252 e. The lowest BCUT2D eigenvalue weighted by molar-refractivity contribution is -0.138. The number of benzene rings is 1. The van der Waals surface area contributed by atoms with Crippen LogP contribution in [0.25, 0.3) is 0 Å². The maximum Gasteiger partial charge on any atom is 0.252 e. The van der Waals surface area contributed by atoms with E-state index in [1.54, 1.807) is 12.1 Å². The van der Waals surface area contributed by atoms with Gasteiger partial charge < -0.3 is 4.74 Å². The highest BCUT2D eigenvalue weighted by atomic mass is 79.9. The van der Waals surface area contributed by atoms with E-state index in [1.807, 2.05) is 32.9 Å². The third kappa shape index (κ3) is 3.45. The second-order valence-corrected chi connectivity index (χ2v) is 6.33. The quantitative estimate of drug-likeness (QED) is 0.859. The third-order valence-corrected chi connectivity index (χ3v) is 3.23. The minimum atomic E-state index is -0.821. The van der Waals surface area contributed by atoms with E-state index >= 15 is 0 Å². The number of ether oxygens (including phenoxy) is 1. The zero-order valence-corrected chi connectivity index (χ0v) is 13.2. The van der Waals surface area contributed by atoms with E-state index in [0.29, 0.717) is 5.75 Å². The molecule has 0 aliphatic carbocycles. The first kappa shape index (κ1) is 14.7. The molecule has 0 saturated heterocycles. The van der Waals surface area contributed by atoms with E-state index in [0.717, 1.165) is 4.47 Å². The van der Waals surface area contributed by atoms with Crippen LogP contribution in [0.1, 0.15) is 27.0 Å². The highest BCUT2D eigenvalue weighted by Gasteiger charge is 2.33. The Bertz CT molecular complexity index is 573. The average molecular weight is 338 g/mol. The topological polar surface area (TPSA) is 57.0 Å². The molecule has 1 heterocycles. The average Bonchev–Trinajstić information content (AvgIpc) is 2.90. The van der Waals surface area contributed by atoms with Crippen LogP contribution in [0.4, 0.5) is 0 Å². The molecule has 0 radical (unpaired) electrons. The van der Waals surface area contributed by atoms with Crippen molar-refractivity contribution in [3.05, 3.63) is 41.4 Å². The summed E-state index contributed by atoms with van der Waals surface area (Å²) >= 11 is 3.36. The molecule has 1 aromatic carbocycles. The van der Waals surface area contributed by atoms with E-state index in [1.165, 1.54) is 17.3 Å². The molecule has 0 N–H and O–H groups in total. The van der Waals surface area contributed by atoms with Crippen LogP contribution in [0.5, 0.6) is 5.75 Å². The van der Waals surface area contributed by atoms with Crippen LogP contribution in [0.2, 0.25) is 0 Å². The van der Waals surface area contributed by atoms with Crippen molar-refractivity contribution >= 4 is 21.7 Å². The number of hydrogen-bond donors (Lipinski definition) is 0. The Hall–Kier alpha value is -1.69. The van der Waals surface area contributed by atoms with Crippen molar-refractivity contribution < 1.29 is 9.53 Å².